The molecule has 1 N–H and O–H groups in total. The molecule has 2 heterocycles. The van der Waals surface area contributed by atoms with Crippen molar-refractivity contribution < 1.29 is 9.53 Å². The fourth-order valence-corrected chi connectivity index (χ4v) is 3.64. The van der Waals surface area contributed by atoms with E-state index in [-0.39, 0.29) is 6.03 Å². The molecule has 2 fully saturated rings. The Morgan fingerprint density at radius 2 is 2.16 bits per heavy atom. The maximum atomic E-state index is 12.2. The minimum atomic E-state index is 0.100. The number of carbonyl (C=O) groups is 1. The van der Waals surface area contributed by atoms with Crippen LogP contribution in [0.1, 0.15) is 13.3 Å². The molecule has 19 heavy (non-hydrogen) atoms. The summed E-state index contributed by atoms with van der Waals surface area (Å²) < 4.78 is 5.39. The van der Waals surface area contributed by atoms with Gasteiger partial charge in [-0.1, -0.05) is 0 Å². The van der Waals surface area contributed by atoms with Crippen LogP contribution in [0.15, 0.2) is 0 Å². The summed E-state index contributed by atoms with van der Waals surface area (Å²) >= 11 is 1.97. The quantitative estimate of drug-likeness (QED) is 0.836. The molecule has 110 valence electrons. The third-order valence-corrected chi connectivity index (χ3v) is 4.80. The highest BCUT2D eigenvalue weighted by molar-refractivity contribution is 7.99. The molecule has 5 nitrogen and oxygen atoms in total. The number of hydrogen-bond donors (Lipinski definition) is 1. The molecule has 0 spiro atoms. The van der Waals surface area contributed by atoms with Crippen LogP contribution in [-0.2, 0) is 4.74 Å². The molecule has 1 atom stereocenters. The molecule has 1 unspecified atom stereocenters. The Bertz CT molecular complexity index is 285. The number of carbonyl (C=O) groups excluding carboxylic acids is 1. The zero-order chi connectivity index (χ0) is 13.5. The third-order valence-electron chi connectivity index (χ3n) is 3.60. The molecule has 2 aliphatic heterocycles. The monoisotopic (exact) mass is 287 g/mol. The Morgan fingerprint density at radius 3 is 2.89 bits per heavy atom. The standard InChI is InChI=1S/C13H25N3O2S/c1-2-14-13(17)16-4-3-9-19-11-12(16)10-15-5-7-18-8-6-15/h12H,2-11H2,1H3,(H,14,17). The van der Waals surface area contributed by atoms with Gasteiger partial charge in [0.25, 0.3) is 0 Å². The maximum absolute atomic E-state index is 12.2. The van der Waals surface area contributed by atoms with Gasteiger partial charge in [0.15, 0.2) is 0 Å². The van der Waals surface area contributed by atoms with Crippen LogP contribution in [0.5, 0.6) is 0 Å². The zero-order valence-electron chi connectivity index (χ0n) is 11.8. The minimum absolute atomic E-state index is 0.100. The number of nitrogens with one attached hydrogen (secondary N) is 1. The predicted octanol–water partition coefficient (Wildman–Crippen LogP) is 0.856. The van der Waals surface area contributed by atoms with E-state index in [1.807, 2.05) is 23.6 Å². The van der Waals surface area contributed by atoms with Crippen LogP contribution in [0.4, 0.5) is 4.79 Å². The largest absolute Gasteiger partial charge is 0.379 e. The number of hydrogen-bond acceptors (Lipinski definition) is 4. The van der Waals surface area contributed by atoms with E-state index < -0.39 is 0 Å². The molecule has 0 aromatic carbocycles. The molecule has 0 saturated carbocycles. The number of amides is 2. The third kappa shape index (κ3) is 4.54. The van der Waals surface area contributed by atoms with Crippen LogP contribution >= 0.6 is 11.8 Å². The molecular formula is C13H25N3O2S. The van der Waals surface area contributed by atoms with E-state index >= 15 is 0 Å². The van der Waals surface area contributed by atoms with E-state index in [1.165, 1.54) is 0 Å². The van der Waals surface area contributed by atoms with Crippen molar-refractivity contribution in [1.82, 2.24) is 15.1 Å². The second kappa shape index (κ2) is 7.97. The molecule has 2 amide bonds. The van der Waals surface area contributed by atoms with Gasteiger partial charge in [-0.3, -0.25) is 4.90 Å². The zero-order valence-corrected chi connectivity index (χ0v) is 12.6. The van der Waals surface area contributed by atoms with Gasteiger partial charge in [-0.15, -0.1) is 0 Å². The molecule has 0 bridgehead atoms. The molecule has 0 radical (unpaired) electrons. The van der Waals surface area contributed by atoms with E-state index in [4.69, 9.17) is 4.74 Å². The molecule has 2 rings (SSSR count). The Morgan fingerprint density at radius 1 is 1.37 bits per heavy atom. The first-order valence-electron chi connectivity index (χ1n) is 7.23. The lowest BCUT2D eigenvalue weighted by Crippen LogP contribution is -2.53. The highest BCUT2D eigenvalue weighted by atomic mass is 32.2. The van der Waals surface area contributed by atoms with Gasteiger partial charge in [-0.25, -0.2) is 4.79 Å². The Balaban J connectivity index is 1.93. The Kier molecular flexibility index (Phi) is 6.26. The lowest BCUT2D eigenvalue weighted by molar-refractivity contribution is 0.0284. The summed E-state index contributed by atoms with van der Waals surface area (Å²) in [4.78, 5) is 16.6. The van der Waals surface area contributed by atoms with Crippen LogP contribution in [0, 0.1) is 0 Å². The molecular weight excluding hydrogens is 262 g/mol. The first-order valence-corrected chi connectivity index (χ1v) is 8.39. The first kappa shape index (κ1) is 14.9. The van der Waals surface area contributed by atoms with Crippen LogP contribution in [-0.4, -0.2) is 79.3 Å². The maximum Gasteiger partial charge on any atom is 0.317 e. The molecule has 2 saturated heterocycles. The van der Waals surface area contributed by atoms with E-state index in [1.54, 1.807) is 0 Å². The normalized spacial score (nSPS) is 25.9. The van der Waals surface area contributed by atoms with Gasteiger partial charge in [-0.05, 0) is 19.1 Å². The van der Waals surface area contributed by atoms with Crippen LogP contribution < -0.4 is 5.32 Å². The highest BCUT2D eigenvalue weighted by Gasteiger charge is 2.27. The first-order chi connectivity index (χ1) is 9.31. The van der Waals surface area contributed by atoms with Gasteiger partial charge in [0.2, 0.25) is 0 Å². The number of nitrogens with zero attached hydrogens (tertiary/aromatic N) is 2. The summed E-state index contributed by atoms with van der Waals surface area (Å²) in [5.74, 6) is 2.21. The fourth-order valence-electron chi connectivity index (χ4n) is 2.58. The van der Waals surface area contributed by atoms with Crippen molar-refractivity contribution in [2.45, 2.75) is 19.4 Å². The van der Waals surface area contributed by atoms with Gasteiger partial charge >= 0.3 is 6.03 Å². The van der Waals surface area contributed by atoms with Crippen molar-refractivity contribution in [3.8, 4) is 0 Å². The second-order valence-electron chi connectivity index (χ2n) is 5.02. The van der Waals surface area contributed by atoms with E-state index in [9.17, 15) is 4.79 Å². The van der Waals surface area contributed by atoms with Crippen molar-refractivity contribution in [3.63, 3.8) is 0 Å². The summed E-state index contributed by atoms with van der Waals surface area (Å²) in [5.41, 5.74) is 0. The summed E-state index contributed by atoms with van der Waals surface area (Å²) in [6, 6.07) is 0.431. The van der Waals surface area contributed by atoms with Gasteiger partial charge in [0.05, 0.1) is 19.3 Å². The molecule has 2 aliphatic rings. The summed E-state index contributed by atoms with van der Waals surface area (Å²) in [6.45, 7) is 8.16. The summed E-state index contributed by atoms with van der Waals surface area (Å²) in [6.07, 6.45) is 1.10. The molecule has 0 aromatic heterocycles. The van der Waals surface area contributed by atoms with Crippen molar-refractivity contribution in [1.29, 1.82) is 0 Å². The molecule has 0 aromatic rings. The minimum Gasteiger partial charge on any atom is -0.379 e. The van der Waals surface area contributed by atoms with Crippen LogP contribution in [0.3, 0.4) is 0 Å². The van der Waals surface area contributed by atoms with Gasteiger partial charge in [0, 0.05) is 38.5 Å². The highest BCUT2D eigenvalue weighted by Crippen LogP contribution is 2.18. The average Bonchev–Trinajstić information content (AvgIpc) is 2.66. The van der Waals surface area contributed by atoms with Gasteiger partial charge in [-0.2, -0.15) is 11.8 Å². The van der Waals surface area contributed by atoms with Crippen LogP contribution in [0.2, 0.25) is 0 Å². The SMILES string of the molecule is CCNC(=O)N1CCCSCC1CN1CCOCC1. The van der Waals surface area contributed by atoms with Crippen molar-refractivity contribution in [2.75, 3.05) is 57.4 Å². The smallest absolute Gasteiger partial charge is 0.317 e. The Labute approximate surface area is 120 Å². The average molecular weight is 287 g/mol. The summed E-state index contributed by atoms with van der Waals surface area (Å²) in [7, 11) is 0. The van der Waals surface area contributed by atoms with Gasteiger partial charge < -0.3 is 15.0 Å². The Hall–Kier alpha value is -0.460. The molecule has 6 heteroatoms. The van der Waals surface area contributed by atoms with Crippen molar-refractivity contribution >= 4 is 17.8 Å². The van der Waals surface area contributed by atoms with E-state index in [0.29, 0.717) is 12.6 Å². The second-order valence-corrected chi connectivity index (χ2v) is 6.17. The number of morpholine rings is 1. The van der Waals surface area contributed by atoms with Gasteiger partial charge in [0.1, 0.15) is 0 Å². The number of rotatable bonds is 3. The topological polar surface area (TPSA) is 44.8 Å². The van der Waals surface area contributed by atoms with Crippen molar-refractivity contribution in [2.24, 2.45) is 0 Å². The predicted molar refractivity (Wildman–Crippen MR) is 78.8 cm³/mol. The molecule has 0 aliphatic carbocycles. The summed E-state index contributed by atoms with van der Waals surface area (Å²) in [5, 5.41) is 2.94. The van der Waals surface area contributed by atoms with Crippen molar-refractivity contribution in [3.05, 3.63) is 0 Å². The van der Waals surface area contributed by atoms with Crippen LogP contribution in [0.25, 0.3) is 0 Å². The van der Waals surface area contributed by atoms with E-state index in [0.717, 1.165) is 57.3 Å². The van der Waals surface area contributed by atoms with E-state index in [2.05, 4.69) is 10.2 Å². The fraction of sp³-hybridized carbons (Fsp3) is 0.923. The lowest BCUT2D eigenvalue weighted by Gasteiger charge is -2.35. The number of ether oxygens (including phenoxy) is 1. The lowest BCUT2D eigenvalue weighted by atomic mass is 10.2. The number of thioether (sulfide) groups is 1. The number of urea groups is 1.